The lowest BCUT2D eigenvalue weighted by Gasteiger charge is -2.27. The van der Waals surface area contributed by atoms with Crippen molar-refractivity contribution in [3.63, 3.8) is 0 Å². The minimum Gasteiger partial charge on any atom is -0.310 e. The van der Waals surface area contributed by atoms with Crippen LogP contribution in [0.5, 0.6) is 0 Å². The Bertz CT molecular complexity index is 2570. The van der Waals surface area contributed by atoms with E-state index in [4.69, 9.17) is 0 Å². The quantitative estimate of drug-likeness (QED) is 0.155. The molecule has 1 nitrogen and oxygen atoms in total. The summed E-state index contributed by atoms with van der Waals surface area (Å²) in [5, 5.41) is 2.43. The van der Waals surface area contributed by atoms with E-state index < -0.39 is 0 Å². The van der Waals surface area contributed by atoms with E-state index in [0.29, 0.717) is 0 Å². The van der Waals surface area contributed by atoms with Gasteiger partial charge in [-0.25, -0.2) is 0 Å². The SMILES string of the molecule is c1ccc(-c2ccc(N(c3cccc(-c4c(-c5ccccc5)cc(-c5ccccc5)cc4-c4ccccc4)c3)c3ccc4ccccc4c3)cc2)cc1. The van der Waals surface area contributed by atoms with Crippen molar-refractivity contribution in [2.24, 2.45) is 0 Å². The molecule has 0 aromatic heterocycles. The van der Waals surface area contributed by atoms with E-state index in [2.05, 4.69) is 229 Å². The first-order valence-corrected chi connectivity index (χ1v) is 18.2. The van der Waals surface area contributed by atoms with Gasteiger partial charge in [0.15, 0.2) is 0 Å². The van der Waals surface area contributed by atoms with Crippen molar-refractivity contribution in [1.82, 2.24) is 0 Å². The first-order chi connectivity index (χ1) is 26.3. The van der Waals surface area contributed by atoms with Crippen LogP contribution in [0, 0.1) is 0 Å². The van der Waals surface area contributed by atoms with Gasteiger partial charge in [-0.05, 0) is 115 Å². The Morgan fingerprint density at radius 3 is 1.25 bits per heavy atom. The van der Waals surface area contributed by atoms with Crippen LogP contribution in [-0.4, -0.2) is 0 Å². The Kier molecular flexibility index (Phi) is 8.66. The van der Waals surface area contributed by atoms with Gasteiger partial charge >= 0.3 is 0 Å². The van der Waals surface area contributed by atoms with Crippen LogP contribution in [0.2, 0.25) is 0 Å². The molecule has 0 amide bonds. The topological polar surface area (TPSA) is 3.24 Å². The number of benzene rings is 9. The Balaban J connectivity index is 1.26. The standard InChI is InChI=1S/C52H37N/c1-5-16-38(17-6-1)41-28-31-47(32-29-41)53(49-33-30-40-20-13-14-25-44(40)34-49)48-27-15-26-45(35-48)52-50(42-21-9-3-10-22-42)36-46(39-18-7-2-8-19-39)37-51(52)43-23-11-4-12-24-43/h1-37H. The van der Waals surface area contributed by atoms with Crippen LogP contribution in [0.25, 0.3) is 66.4 Å². The third-order valence-corrected chi connectivity index (χ3v) is 10.0. The maximum absolute atomic E-state index is 2.38. The molecule has 0 spiro atoms. The molecule has 0 atom stereocenters. The summed E-state index contributed by atoms with van der Waals surface area (Å²) in [6, 6.07) is 80.9. The zero-order valence-corrected chi connectivity index (χ0v) is 29.3. The highest BCUT2D eigenvalue weighted by molar-refractivity contribution is 5.99. The van der Waals surface area contributed by atoms with Gasteiger partial charge in [-0.3, -0.25) is 0 Å². The van der Waals surface area contributed by atoms with Gasteiger partial charge in [0.05, 0.1) is 0 Å². The molecule has 53 heavy (non-hydrogen) atoms. The van der Waals surface area contributed by atoms with Gasteiger partial charge in [-0.15, -0.1) is 0 Å². The van der Waals surface area contributed by atoms with Crippen LogP contribution in [-0.2, 0) is 0 Å². The lowest BCUT2D eigenvalue weighted by Crippen LogP contribution is -2.10. The highest BCUT2D eigenvalue weighted by Crippen LogP contribution is 2.45. The van der Waals surface area contributed by atoms with Crippen molar-refractivity contribution in [3.8, 4) is 55.6 Å². The zero-order chi connectivity index (χ0) is 35.4. The summed E-state index contributed by atoms with van der Waals surface area (Å²) in [6.45, 7) is 0. The molecular formula is C52H37N. The molecule has 0 aliphatic rings. The highest BCUT2D eigenvalue weighted by atomic mass is 15.1. The molecule has 0 unspecified atom stereocenters. The molecule has 0 bridgehead atoms. The van der Waals surface area contributed by atoms with Crippen molar-refractivity contribution < 1.29 is 0 Å². The normalized spacial score (nSPS) is 11.0. The molecule has 0 fully saturated rings. The number of anilines is 3. The maximum atomic E-state index is 2.38. The first-order valence-electron chi connectivity index (χ1n) is 18.2. The molecule has 0 saturated heterocycles. The van der Waals surface area contributed by atoms with Gasteiger partial charge < -0.3 is 4.90 Å². The van der Waals surface area contributed by atoms with E-state index in [-0.39, 0.29) is 0 Å². The maximum Gasteiger partial charge on any atom is 0.0468 e. The van der Waals surface area contributed by atoms with E-state index >= 15 is 0 Å². The molecule has 0 aliphatic carbocycles. The van der Waals surface area contributed by atoms with E-state index in [9.17, 15) is 0 Å². The van der Waals surface area contributed by atoms with E-state index in [0.717, 1.165) is 22.6 Å². The molecule has 0 heterocycles. The molecule has 0 aliphatic heterocycles. The number of nitrogens with zero attached hydrogens (tertiary/aromatic N) is 1. The molecule has 0 N–H and O–H groups in total. The smallest absolute Gasteiger partial charge is 0.0468 e. The predicted molar refractivity (Wildman–Crippen MR) is 226 cm³/mol. The van der Waals surface area contributed by atoms with Crippen LogP contribution in [0.4, 0.5) is 17.1 Å². The Morgan fingerprint density at radius 2 is 0.660 bits per heavy atom. The van der Waals surface area contributed by atoms with Crippen molar-refractivity contribution in [2.75, 3.05) is 4.90 Å². The third-order valence-electron chi connectivity index (χ3n) is 10.0. The molecule has 9 rings (SSSR count). The fourth-order valence-electron chi connectivity index (χ4n) is 7.44. The second kappa shape index (κ2) is 14.3. The zero-order valence-electron chi connectivity index (χ0n) is 29.3. The van der Waals surface area contributed by atoms with Crippen molar-refractivity contribution in [2.45, 2.75) is 0 Å². The Morgan fingerprint density at radius 1 is 0.226 bits per heavy atom. The van der Waals surface area contributed by atoms with Crippen molar-refractivity contribution >= 4 is 27.8 Å². The fraction of sp³-hybridized carbons (Fsp3) is 0. The van der Waals surface area contributed by atoms with E-state index in [1.54, 1.807) is 0 Å². The molecule has 9 aromatic carbocycles. The molecular weight excluding hydrogens is 639 g/mol. The minimum atomic E-state index is 1.09. The van der Waals surface area contributed by atoms with Crippen molar-refractivity contribution in [1.29, 1.82) is 0 Å². The average molecular weight is 676 g/mol. The number of fused-ring (bicyclic) bond motifs is 1. The van der Waals surface area contributed by atoms with Gasteiger partial charge in [0.25, 0.3) is 0 Å². The third kappa shape index (κ3) is 6.53. The lowest BCUT2D eigenvalue weighted by molar-refractivity contribution is 1.29. The van der Waals surface area contributed by atoms with E-state index in [1.165, 1.54) is 60.8 Å². The van der Waals surface area contributed by atoms with Gasteiger partial charge in [0.2, 0.25) is 0 Å². The largest absolute Gasteiger partial charge is 0.310 e. The monoisotopic (exact) mass is 675 g/mol. The molecule has 1 heteroatoms. The Labute approximate surface area is 311 Å². The summed E-state index contributed by atoms with van der Waals surface area (Å²) in [6.07, 6.45) is 0. The van der Waals surface area contributed by atoms with Crippen LogP contribution in [0.3, 0.4) is 0 Å². The molecule has 0 radical (unpaired) electrons. The fourth-order valence-corrected chi connectivity index (χ4v) is 7.44. The summed E-state index contributed by atoms with van der Waals surface area (Å²) in [4.78, 5) is 2.38. The summed E-state index contributed by atoms with van der Waals surface area (Å²) < 4.78 is 0. The summed E-state index contributed by atoms with van der Waals surface area (Å²) in [5.41, 5.74) is 15.2. The summed E-state index contributed by atoms with van der Waals surface area (Å²) in [7, 11) is 0. The predicted octanol–water partition coefficient (Wildman–Crippen LogP) is 14.6. The van der Waals surface area contributed by atoms with Gasteiger partial charge in [-0.2, -0.15) is 0 Å². The molecule has 9 aromatic rings. The average Bonchev–Trinajstić information content (AvgIpc) is 3.25. The van der Waals surface area contributed by atoms with Crippen molar-refractivity contribution in [3.05, 3.63) is 224 Å². The summed E-state index contributed by atoms with van der Waals surface area (Å²) >= 11 is 0. The second-order valence-electron chi connectivity index (χ2n) is 13.4. The number of hydrogen-bond donors (Lipinski definition) is 0. The minimum absolute atomic E-state index is 1.09. The molecule has 250 valence electrons. The number of hydrogen-bond acceptors (Lipinski definition) is 1. The highest BCUT2D eigenvalue weighted by Gasteiger charge is 2.20. The van der Waals surface area contributed by atoms with Gasteiger partial charge in [0.1, 0.15) is 0 Å². The van der Waals surface area contributed by atoms with Gasteiger partial charge in [0, 0.05) is 17.1 Å². The van der Waals surface area contributed by atoms with Crippen LogP contribution >= 0.6 is 0 Å². The van der Waals surface area contributed by atoms with Crippen LogP contribution in [0.1, 0.15) is 0 Å². The van der Waals surface area contributed by atoms with Crippen LogP contribution in [0.15, 0.2) is 224 Å². The van der Waals surface area contributed by atoms with E-state index in [1.807, 2.05) is 0 Å². The second-order valence-corrected chi connectivity index (χ2v) is 13.4. The van der Waals surface area contributed by atoms with Crippen LogP contribution < -0.4 is 4.90 Å². The molecule has 0 saturated carbocycles. The summed E-state index contributed by atoms with van der Waals surface area (Å²) in [5.74, 6) is 0. The first kappa shape index (κ1) is 32.0. The van der Waals surface area contributed by atoms with Gasteiger partial charge in [-0.1, -0.05) is 176 Å². The lowest BCUT2D eigenvalue weighted by atomic mass is 9.84. The number of rotatable bonds is 8. The Hall–Kier alpha value is -6.96.